The summed E-state index contributed by atoms with van der Waals surface area (Å²) in [5, 5.41) is 2.09. The standard InChI is InChI=1S/C12H15N3S/c1-2-3-6-16-12-10-7-9(13)4-5-11(10)14-8-15-12/h4-5,7-8H,2-3,6,13H2,1H3. The van der Waals surface area contributed by atoms with Crippen LogP contribution in [0.1, 0.15) is 19.8 Å². The van der Waals surface area contributed by atoms with Crippen molar-refractivity contribution in [3.8, 4) is 0 Å². The Kier molecular flexibility index (Phi) is 3.62. The van der Waals surface area contributed by atoms with Crippen LogP contribution in [0.5, 0.6) is 0 Å². The van der Waals surface area contributed by atoms with Gasteiger partial charge in [0, 0.05) is 11.1 Å². The molecule has 0 aliphatic carbocycles. The van der Waals surface area contributed by atoms with Gasteiger partial charge in [-0.05, 0) is 30.4 Å². The van der Waals surface area contributed by atoms with Gasteiger partial charge in [-0.25, -0.2) is 9.97 Å². The summed E-state index contributed by atoms with van der Waals surface area (Å²) >= 11 is 1.78. The van der Waals surface area contributed by atoms with Crippen molar-refractivity contribution in [1.82, 2.24) is 9.97 Å². The summed E-state index contributed by atoms with van der Waals surface area (Å²) in [4.78, 5) is 8.55. The number of hydrogen-bond acceptors (Lipinski definition) is 4. The van der Waals surface area contributed by atoms with Crippen molar-refractivity contribution in [3.05, 3.63) is 24.5 Å². The number of nitrogens with zero attached hydrogens (tertiary/aromatic N) is 2. The Balaban J connectivity index is 2.32. The topological polar surface area (TPSA) is 51.8 Å². The van der Waals surface area contributed by atoms with Crippen LogP contribution in [0.2, 0.25) is 0 Å². The molecule has 0 unspecified atom stereocenters. The second-order valence-corrected chi connectivity index (χ2v) is 4.74. The quantitative estimate of drug-likeness (QED) is 0.381. The predicted octanol–water partition coefficient (Wildman–Crippen LogP) is 3.10. The lowest BCUT2D eigenvalue weighted by molar-refractivity contribution is 0.895. The summed E-state index contributed by atoms with van der Waals surface area (Å²) in [5.41, 5.74) is 7.51. The van der Waals surface area contributed by atoms with E-state index in [1.165, 1.54) is 12.8 Å². The zero-order valence-corrected chi connectivity index (χ0v) is 10.1. The number of nitrogens with two attached hydrogens (primary N) is 1. The van der Waals surface area contributed by atoms with Crippen LogP contribution in [0.15, 0.2) is 29.6 Å². The van der Waals surface area contributed by atoms with Gasteiger partial charge in [0.1, 0.15) is 11.4 Å². The molecular weight excluding hydrogens is 218 g/mol. The Labute approximate surface area is 99.5 Å². The van der Waals surface area contributed by atoms with Crippen molar-refractivity contribution in [2.24, 2.45) is 0 Å². The summed E-state index contributed by atoms with van der Waals surface area (Å²) < 4.78 is 0. The van der Waals surface area contributed by atoms with Crippen molar-refractivity contribution < 1.29 is 0 Å². The lowest BCUT2D eigenvalue weighted by Gasteiger charge is -2.04. The molecule has 0 aliphatic rings. The van der Waals surface area contributed by atoms with Crippen LogP contribution in [0.4, 0.5) is 5.69 Å². The maximum Gasteiger partial charge on any atom is 0.117 e. The van der Waals surface area contributed by atoms with Gasteiger partial charge < -0.3 is 5.73 Å². The lowest BCUT2D eigenvalue weighted by atomic mass is 10.2. The first-order valence-corrected chi connectivity index (χ1v) is 6.43. The second kappa shape index (κ2) is 5.16. The van der Waals surface area contributed by atoms with E-state index < -0.39 is 0 Å². The highest BCUT2D eigenvalue weighted by Gasteiger charge is 2.04. The number of thioether (sulfide) groups is 1. The fourth-order valence-corrected chi connectivity index (χ4v) is 2.55. The highest BCUT2D eigenvalue weighted by Crippen LogP contribution is 2.26. The molecule has 4 heteroatoms. The number of aromatic nitrogens is 2. The zero-order chi connectivity index (χ0) is 11.4. The minimum atomic E-state index is 0.764. The summed E-state index contributed by atoms with van der Waals surface area (Å²) in [5.74, 6) is 1.09. The molecule has 0 spiro atoms. The van der Waals surface area contributed by atoms with Crippen LogP contribution >= 0.6 is 11.8 Å². The van der Waals surface area contributed by atoms with Gasteiger partial charge in [-0.2, -0.15) is 0 Å². The number of benzene rings is 1. The van der Waals surface area contributed by atoms with Crippen LogP contribution in [0.25, 0.3) is 10.9 Å². The molecule has 2 N–H and O–H groups in total. The fraction of sp³-hybridized carbons (Fsp3) is 0.333. The first-order valence-electron chi connectivity index (χ1n) is 5.44. The third-order valence-electron chi connectivity index (χ3n) is 2.36. The zero-order valence-electron chi connectivity index (χ0n) is 9.31. The van der Waals surface area contributed by atoms with Crippen LogP contribution in [-0.2, 0) is 0 Å². The van der Waals surface area contributed by atoms with E-state index in [0.29, 0.717) is 0 Å². The van der Waals surface area contributed by atoms with E-state index in [1.54, 1.807) is 18.1 Å². The molecule has 0 radical (unpaired) electrons. The summed E-state index contributed by atoms with van der Waals surface area (Å²) in [7, 11) is 0. The second-order valence-electron chi connectivity index (χ2n) is 3.66. The van der Waals surface area contributed by atoms with E-state index in [4.69, 9.17) is 5.73 Å². The minimum Gasteiger partial charge on any atom is -0.399 e. The van der Waals surface area contributed by atoms with Crippen molar-refractivity contribution in [2.45, 2.75) is 24.8 Å². The maximum absolute atomic E-state index is 5.78. The highest BCUT2D eigenvalue weighted by atomic mass is 32.2. The first kappa shape index (κ1) is 11.2. The van der Waals surface area contributed by atoms with E-state index in [2.05, 4.69) is 16.9 Å². The Hall–Kier alpha value is -1.29. The molecule has 0 saturated carbocycles. The molecule has 16 heavy (non-hydrogen) atoms. The van der Waals surface area contributed by atoms with Gasteiger partial charge in [0.15, 0.2) is 0 Å². The SMILES string of the molecule is CCCCSc1ncnc2ccc(N)cc12. The molecule has 0 fully saturated rings. The van der Waals surface area contributed by atoms with Crippen LogP contribution in [-0.4, -0.2) is 15.7 Å². The molecular formula is C12H15N3S. The van der Waals surface area contributed by atoms with E-state index in [1.807, 2.05) is 18.2 Å². The molecule has 0 amide bonds. The maximum atomic E-state index is 5.78. The molecule has 3 nitrogen and oxygen atoms in total. The lowest BCUT2D eigenvalue weighted by Crippen LogP contribution is -1.90. The number of hydrogen-bond donors (Lipinski definition) is 1. The van der Waals surface area contributed by atoms with Crippen molar-refractivity contribution in [3.63, 3.8) is 0 Å². The number of rotatable bonds is 4. The van der Waals surface area contributed by atoms with Gasteiger partial charge in [-0.15, -0.1) is 11.8 Å². The number of unbranched alkanes of at least 4 members (excludes halogenated alkanes) is 1. The molecule has 1 aromatic carbocycles. The van der Waals surface area contributed by atoms with Crippen LogP contribution < -0.4 is 5.73 Å². The number of nitrogen functional groups attached to an aromatic ring is 1. The third kappa shape index (κ3) is 2.44. The Morgan fingerprint density at radius 2 is 2.19 bits per heavy atom. The van der Waals surface area contributed by atoms with E-state index in [9.17, 15) is 0 Å². The molecule has 84 valence electrons. The molecule has 0 atom stereocenters. The summed E-state index contributed by atoms with van der Waals surface area (Å²) in [6.07, 6.45) is 4.03. The van der Waals surface area contributed by atoms with Crippen molar-refractivity contribution in [2.75, 3.05) is 11.5 Å². The molecule has 0 aliphatic heterocycles. The summed E-state index contributed by atoms with van der Waals surface area (Å²) in [6.45, 7) is 2.19. The highest BCUT2D eigenvalue weighted by molar-refractivity contribution is 7.99. The monoisotopic (exact) mass is 233 g/mol. The Morgan fingerprint density at radius 1 is 1.31 bits per heavy atom. The average Bonchev–Trinajstić information content (AvgIpc) is 2.30. The van der Waals surface area contributed by atoms with Gasteiger partial charge in [-0.1, -0.05) is 13.3 Å². The van der Waals surface area contributed by atoms with Gasteiger partial charge in [0.25, 0.3) is 0 Å². The predicted molar refractivity (Wildman–Crippen MR) is 69.6 cm³/mol. The van der Waals surface area contributed by atoms with Crippen molar-refractivity contribution >= 4 is 28.4 Å². The van der Waals surface area contributed by atoms with Crippen LogP contribution in [0, 0.1) is 0 Å². The normalized spacial score (nSPS) is 10.8. The summed E-state index contributed by atoms with van der Waals surface area (Å²) in [6, 6.07) is 5.76. The van der Waals surface area contributed by atoms with Gasteiger partial charge in [-0.3, -0.25) is 0 Å². The largest absolute Gasteiger partial charge is 0.399 e. The van der Waals surface area contributed by atoms with E-state index in [0.717, 1.165) is 27.4 Å². The first-order chi connectivity index (χ1) is 7.81. The molecule has 0 bridgehead atoms. The average molecular weight is 233 g/mol. The third-order valence-corrected chi connectivity index (χ3v) is 3.45. The fourth-order valence-electron chi connectivity index (χ4n) is 1.48. The number of fused-ring (bicyclic) bond motifs is 1. The van der Waals surface area contributed by atoms with Gasteiger partial charge in [0.05, 0.1) is 5.52 Å². The molecule has 2 aromatic rings. The molecule has 2 rings (SSSR count). The van der Waals surface area contributed by atoms with Crippen molar-refractivity contribution in [1.29, 1.82) is 0 Å². The molecule has 1 heterocycles. The van der Waals surface area contributed by atoms with E-state index >= 15 is 0 Å². The smallest absolute Gasteiger partial charge is 0.117 e. The number of anilines is 1. The molecule has 1 aromatic heterocycles. The molecule has 0 saturated heterocycles. The van der Waals surface area contributed by atoms with Gasteiger partial charge >= 0.3 is 0 Å². The Morgan fingerprint density at radius 3 is 3.00 bits per heavy atom. The van der Waals surface area contributed by atoms with E-state index in [-0.39, 0.29) is 0 Å². The Bertz CT molecular complexity index is 485. The van der Waals surface area contributed by atoms with Gasteiger partial charge in [0.2, 0.25) is 0 Å². The minimum absolute atomic E-state index is 0.764. The van der Waals surface area contributed by atoms with Crippen LogP contribution in [0.3, 0.4) is 0 Å².